The van der Waals surface area contributed by atoms with Gasteiger partial charge in [-0.05, 0) is 59.6 Å². The molecular formula is C21H29BNO5. The lowest BCUT2D eigenvalue weighted by molar-refractivity contribution is -0.122. The van der Waals surface area contributed by atoms with Crippen LogP contribution in [0.2, 0.25) is 0 Å². The fourth-order valence-corrected chi connectivity index (χ4v) is 2.97. The van der Waals surface area contributed by atoms with Gasteiger partial charge in [-0.25, -0.2) is 0 Å². The van der Waals surface area contributed by atoms with Crippen LogP contribution in [0.1, 0.15) is 70.3 Å². The Morgan fingerprint density at radius 2 is 1.89 bits per heavy atom. The molecule has 151 valence electrons. The van der Waals surface area contributed by atoms with Crippen LogP contribution in [0.4, 0.5) is 0 Å². The fraction of sp³-hybridized carbons (Fsp3) is 0.571. The fourth-order valence-electron chi connectivity index (χ4n) is 2.97. The Hall–Kier alpha value is -1.99. The SMILES string of the molecule is CC(=O)CC[C@@H](C(C)=O)N1Cc2cc([B]OC(C)(C)C(C)(C)O)ccc2C1=O. The molecule has 0 bridgehead atoms. The molecule has 2 rings (SSSR count). The summed E-state index contributed by atoms with van der Waals surface area (Å²) in [5.74, 6) is -0.314. The smallest absolute Gasteiger partial charge is 0.330 e. The molecule has 0 spiro atoms. The molecule has 1 amide bonds. The van der Waals surface area contributed by atoms with Gasteiger partial charge in [0.15, 0.2) is 5.78 Å². The van der Waals surface area contributed by atoms with Crippen molar-refractivity contribution in [2.24, 2.45) is 0 Å². The van der Waals surface area contributed by atoms with Gasteiger partial charge in [0.2, 0.25) is 0 Å². The quantitative estimate of drug-likeness (QED) is 0.654. The summed E-state index contributed by atoms with van der Waals surface area (Å²) in [4.78, 5) is 37.7. The number of amides is 1. The number of Topliss-reactive ketones (excluding diaryl/α,β-unsaturated/α-hetero) is 2. The number of carbonyl (C=O) groups is 3. The van der Waals surface area contributed by atoms with Crippen LogP contribution in [0.15, 0.2) is 18.2 Å². The van der Waals surface area contributed by atoms with Crippen LogP contribution in [-0.2, 0) is 20.8 Å². The Labute approximate surface area is 167 Å². The van der Waals surface area contributed by atoms with E-state index in [1.54, 1.807) is 52.2 Å². The molecule has 0 fully saturated rings. The van der Waals surface area contributed by atoms with Gasteiger partial charge in [0, 0.05) is 18.5 Å². The Morgan fingerprint density at radius 1 is 1.25 bits per heavy atom. The number of aliphatic hydroxyl groups is 1. The van der Waals surface area contributed by atoms with Crippen LogP contribution in [-0.4, -0.2) is 52.2 Å². The average Bonchev–Trinajstić information content (AvgIpc) is 2.88. The maximum absolute atomic E-state index is 12.8. The highest BCUT2D eigenvalue weighted by Crippen LogP contribution is 2.27. The number of benzene rings is 1. The summed E-state index contributed by atoms with van der Waals surface area (Å²) in [5, 5.41) is 10.2. The van der Waals surface area contributed by atoms with Gasteiger partial charge in [0.05, 0.1) is 17.2 Å². The lowest BCUT2D eigenvalue weighted by Gasteiger charge is -2.37. The maximum Gasteiger partial charge on any atom is 0.330 e. The van der Waals surface area contributed by atoms with Crippen LogP contribution < -0.4 is 5.46 Å². The summed E-state index contributed by atoms with van der Waals surface area (Å²) in [7, 11) is 1.57. The van der Waals surface area contributed by atoms with Crippen molar-refractivity contribution >= 4 is 30.4 Å². The van der Waals surface area contributed by atoms with Gasteiger partial charge in [-0.3, -0.25) is 9.59 Å². The minimum absolute atomic E-state index is 0.00105. The minimum Gasteiger partial charge on any atom is -0.427 e. The van der Waals surface area contributed by atoms with E-state index in [-0.39, 0.29) is 23.9 Å². The van der Waals surface area contributed by atoms with E-state index in [0.717, 1.165) is 11.0 Å². The van der Waals surface area contributed by atoms with Gasteiger partial charge in [-0.15, -0.1) is 0 Å². The third-order valence-electron chi connectivity index (χ3n) is 5.54. The Kier molecular flexibility index (Phi) is 6.51. The molecule has 28 heavy (non-hydrogen) atoms. The number of hydrogen-bond donors (Lipinski definition) is 1. The van der Waals surface area contributed by atoms with Gasteiger partial charge in [0.25, 0.3) is 5.91 Å². The third kappa shape index (κ3) is 4.89. The number of carbonyl (C=O) groups excluding carboxylic acids is 3. The molecule has 1 aromatic rings. The molecule has 1 aromatic carbocycles. The molecule has 6 nitrogen and oxygen atoms in total. The number of hydrogen-bond acceptors (Lipinski definition) is 5. The van der Waals surface area contributed by atoms with Crippen LogP contribution >= 0.6 is 0 Å². The van der Waals surface area contributed by atoms with Crippen molar-refractivity contribution in [2.45, 2.75) is 78.2 Å². The maximum atomic E-state index is 12.8. The number of ketones is 2. The number of rotatable bonds is 9. The zero-order valence-corrected chi connectivity index (χ0v) is 17.5. The highest BCUT2D eigenvalue weighted by Gasteiger charge is 2.37. The van der Waals surface area contributed by atoms with E-state index in [9.17, 15) is 19.5 Å². The van der Waals surface area contributed by atoms with Crippen LogP contribution in [0.25, 0.3) is 0 Å². The molecule has 1 aliphatic rings. The van der Waals surface area contributed by atoms with Crippen LogP contribution in [0.3, 0.4) is 0 Å². The summed E-state index contributed by atoms with van der Waals surface area (Å²) in [5.41, 5.74) is 0.331. The molecule has 1 atom stereocenters. The van der Waals surface area contributed by atoms with Gasteiger partial charge in [0.1, 0.15) is 5.78 Å². The number of fused-ring (bicyclic) bond motifs is 1. The second-order valence-corrected chi connectivity index (χ2v) is 8.52. The Balaban J connectivity index is 2.15. The Morgan fingerprint density at radius 3 is 2.43 bits per heavy atom. The van der Waals surface area contributed by atoms with Crippen molar-refractivity contribution < 1.29 is 24.1 Å². The predicted octanol–water partition coefficient (Wildman–Crippen LogP) is 1.78. The first-order valence-corrected chi connectivity index (χ1v) is 9.50. The summed E-state index contributed by atoms with van der Waals surface area (Å²) in [6.45, 7) is 10.2. The normalized spacial score (nSPS) is 15.4. The summed E-state index contributed by atoms with van der Waals surface area (Å²) < 4.78 is 5.78. The van der Waals surface area contributed by atoms with Crippen molar-refractivity contribution in [2.75, 3.05) is 0 Å². The first kappa shape index (κ1) is 22.3. The average molecular weight is 386 g/mol. The van der Waals surface area contributed by atoms with Crippen molar-refractivity contribution in [3.63, 3.8) is 0 Å². The van der Waals surface area contributed by atoms with Crippen molar-refractivity contribution in [1.29, 1.82) is 0 Å². The van der Waals surface area contributed by atoms with Crippen molar-refractivity contribution in [3.05, 3.63) is 29.3 Å². The van der Waals surface area contributed by atoms with Crippen LogP contribution in [0, 0.1) is 0 Å². The topological polar surface area (TPSA) is 83.9 Å². The molecule has 1 radical (unpaired) electrons. The lowest BCUT2D eigenvalue weighted by atomic mass is 9.81. The van der Waals surface area contributed by atoms with E-state index in [1.807, 2.05) is 6.07 Å². The molecule has 0 aromatic heterocycles. The lowest BCUT2D eigenvalue weighted by Crippen LogP contribution is -2.49. The van der Waals surface area contributed by atoms with Gasteiger partial charge >= 0.3 is 7.48 Å². The monoisotopic (exact) mass is 386 g/mol. The summed E-state index contributed by atoms with van der Waals surface area (Å²) in [6, 6.07) is 4.77. The van der Waals surface area contributed by atoms with Gasteiger partial charge in [-0.1, -0.05) is 17.6 Å². The van der Waals surface area contributed by atoms with E-state index >= 15 is 0 Å². The summed E-state index contributed by atoms with van der Waals surface area (Å²) in [6.07, 6.45) is 0.607. The molecule has 0 saturated carbocycles. The van der Waals surface area contributed by atoms with E-state index < -0.39 is 17.2 Å². The first-order valence-electron chi connectivity index (χ1n) is 9.50. The zero-order chi connectivity index (χ0) is 21.3. The molecule has 0 saturated heterocycles. The second-order valence-electron chi connectivity index (χ2n) is 8.52. The van der Waals surface area contributed by atoms with E-state index in [0.29, 0.717) is 18.5 Å². The van der Waals surface area contributed by atoms with E-state index in [4.69, 9.17) is 4.65 Å². The zero-order valence-electron chi connectivity index (χ0n) is 17.5. The molecule has 1 N–H and O–H groups in total. The molecule has 1 heterocycles. The molecule has 0 unspecified atom stereocenters. The molecule has 0 aliphatic carbocycles. The van der Waals surface area contributed by atoms with Crippen molar-refractivity contribution in [3.8, 4) is 0 Å². The van der Waals surface area contributed by atoms with Gasteiger partial charge < -0.3 is 19.5 Å². The highest BCUT2D eigenvalue weighted by molar-refractivity contribution is 6.47. The Bertz CT molecular complexity index is 781. The van der Waals surface area contributed by atoms with E-state index in [1.165, 1.54) is 13.8 Å². The predicted molar refractivity (Wildman–Crippen MR) is 108 cm³/mol. The van der Waals surface area contributed by atoms with E-state index in [2.05, 4.69) is 0 Å². The molecule has 1 aliphatic heterocycles. The highest BCUT2D eigenvalue weighted by atomic mass is 16.5. The summed E-state index contributed by atoms with van der Waals surface area (Å²) >= 11 is 0. The standard InChI is InChI=1S/C21H29BNO5/c1-13(24)7-10-18(14(2)25)23-12-15-11-16(8-9-17(15)19(23)26)22-28-21(5,6)20(3,4)27/h8-9,11,18,27H,7,10,12H2,1-6H3/t18-/m0/s1. The largest absolute Gasteiger partial charge is 0.427 e. The van der Waals surface area contributed by atoms with Crippen LogP contribution in [0.5, 0.6) is 0 Å². The third-order valence-corrected chi connectivity index (χ3v) is 5.54. The van der Waals surface area contributed by atoms with Crippen molar-refractivity contribution in [1.82, 2.24) is 4.90 Å². The second kappa shape index (κ2) is 8.17. The number of nitrogens with zero attached hydrogens (tertiary/aromatic N) is 1. The minimum atomic E-state index is -1.03. The molecule has 7 heteroatoms. The molecular weight excluding hydrogens is 357 g/mol. The van der Waals surface area contributed by atoms with Gasteiger partial charge in [-0.2, -0.15) is 0 Å². The first-order chi connectivity index (χ1) is 12.8.